The molecule has 4 rings (SSSR count). The summed E-state index contributed by atoms with van der Waals surface area (Å²) < 4.78 is 0. The van der Waals surface area contributed by atoms with Crippen molar-refractivity contribution in [3.05, 3.63) is 49.9 Å². The van der Waals surface area contributed by atoms with Crippen molar-refractivity contribution in [3.63, 3.8) is 0 Å². The molecule has 0 spiro atoms. The molecule has 1 aliphatic heterocycles. The standard InChI is InChI=1S/C15H14N4O3/c20-6-13-10(9-3-8(9)7-1-2-7)4-12(18-19-13)11-5-16-15(22)17-14(11)21/h4-5,7-9,19H,1-3H2,(H2,16,17,21,22). The first-order chi connectivity index (χ1) is 10.7. The highest BCUT2D eigenvalue weighted by molar-refractivity contribution is 6.09. The number of hydrazone groups is 1. The molecule has 3 aliphatic rings. The highest BCUT2D eigenvalue weighted by atomic mass is 16.2. The zero-order valence-corrected chi connectivity index (χ0v) is 11.7. The highest BCUT2D eigenvalue weighted by Gasteiger charge is 2.50. The SMILES string of the molecule is O=C=C1NN=C(c2c[nH]c(=O)[nH]c2=O)C=C1C1CC1C1CC1. The number of hydrogen-bond donors (Lipinski definition) is 3. The molecule has 2 aliphatic carbocycles. The summed E-state index contributed by atoms with van der Waals surface area (Å²) in [5.41, 5.74) is 3.49. The van der Waals surface area contributed by atoms with Crippen LogP contribution in [-0.4, -0.2) is 21.6 Å². The molecule has 7 nitrogen and oxygen atoms in total. The van der Waals surface area contributed by atoms with Gasteiger partial charge in [-0.2, -0.15) is 5.10 Å². The molecule has 3 N–H and O–H groups in total. The van der Waals surface area contributed by atoms with E-state index in [2.05, 4.69) is 20.5 Å². The number of carbonyl (C=O) groups excluding carboxylic acids is 1. The molecular formula is C15H14N4O3. The molecule has 2 fully saturated rings. The number of H-pyrrole nitrogens is 2. The van der Waals surface area contributed by atoms with Gasteiger partial charge < -0.3 is 4.98 Å². The van der Waals surface area contributed by atoms with Crippen LogP contribution in [0.3, 0.4) is 0 Å². The largest absolute Gasteiger partial charge is 0.325 e. The Hall–Kier alpha value is -2.66. The summed E-state index contributed by atoms with van der Waals surface area (Å²) in [7, 11) is 0. The van der Waals surface area contributed by atoms with E-state index in [0.29, 0.717) is 23.2 Å². The van der Waals surface area contributed by atoms with Gasteiger partial charge in [0.1, 0.15) is 5.70 Å². The topological polar surface area (TPSA) is 107 Å². The Morgan fingerprint density at radius 2 is 2.09 bits per heavy atom. The van der Waals surface area contributed by atoms with Gasteiger partial charge in [-0.25, -0.2) is 9.59 Å². The van der Waals surface area contributed by atoms with Crippen LogP contribution < -0.4 is 16.7 Å². The van der Waals surface area contributed by atoms with Crippen molar-refractivity contribution in [1.82, 2.24) is 15.4 Å². The Bertz CT molecular complexity index is 865. The second-order valence-corrected chi connectivity index (χ2v) is 6.01. The zero-order valence-electron chi connectivity index (χ0n) is 11.7. The number of nitrogens with one attached hydrogen (secondary N) is 3. The number of aromatic nitrogens is 2. The molecule has 0 bridgehead atoms. The first-order valence-corrected chi connectivity index (χ1v) is 7.30. The number of rotatable bonds is 3. The molecule has 2 unspecified atom stereocenters. The minimum Gasteiger partial charge on any atom is -0.313 e. The van der Waals surface area contributed by atoms with Crippen LogP contribution >= 0.6 is 0 Å². The maximum Gasteiger partial charge on any atom is 0.325 e. The molecule has 1 aromatic heterocycles. The van der Waals surface area contributed by atoms with E-state index in [1.54, 1.807) is 6.08 Å². The fourth-order valence-corrected chi connectivity index (χ4v) is 3.16. The number of aromatic amines is 2. The molecule has 2 heterocycles. The van der Waals surface area contributed by atoms with E-state index in [4.69, 9.17) is 0 Å². The van der Waals surface area contributed by atoms with E-state index in [-0.39, 0.29) is 5.56 Å². The van der Waals surface area contributed by atoms with Gasteiger partial charge in [-0.3, -0.25) is 15.2 Å². The lowest BCUT2D eigenvalue weighted by Crippen LogP contribution is -2.29. The highest BCUT2D eigenvalue weighted by Crippen LogP contribution is 2.58. The quantitative estimate of drug-likeness (QED) is 0.686. The van der Waals surface area contributed by atoms with Gasteiger partial charge in [0, 0.05) is 6.20 Å². The van der Waals surface area contributed by atoms with E-state index in [1.165, 1.54) is 19.0 Å². The van der Waals surface area contributed by atoms with E-state index < -0.39 is 11.2 Å². The molecule has 2 saturated carbocycles. The third-order valence-corrected chi connectivity index (χ3v) is 4.53. The Balaban J connectivity index is 1.70. The molecule has 112 valence electrons. The summed E-state index contributed by atoms with van der Waals surface area (Å²) in [5, 5.41) is 4.04. The van der Waals surface area contributed by atoms with Crippen LogP contribution in [0.4, 0.5) is 0 Å². The van der Waals surface area contributed by atoms with E-state index in [0.717, 1.165) is 17.9 Å². The molecular weight excluding hydrogens is 284 g/mol. The smallest absolute Gasteiger partial charge is 0.313 e. The van der Waals surface area contributed by atoms with Crippen LogP contribution in [0, 0.1) is 17.8 Å². The first kappa shape index (κ1) is 13.0. The fourth-order valence-electron chi connectivity index (χ4n) is 3.16. The van der Waals surface area contributed by atoms with Gasteiger partial charge in [0.25, 0.3) is 5.56 Å². The number of hydrogen-bond acceptors (Lipinski definition) is 5. The third-order valence-electron chi connectivity index (χ3n) is 4.53. The predicted molar refractivity (Wildman–Crippen MR) is 79.0 cm³/mol. The van der Waals surface area contributed by atoms with Crippen LogP contribution in [0.1, 0.15) is 24.8 Å². The number of allylic oxidation sites excluding steroid dienone is 2. The molecule has 0 aromatic carbocycles. The van der Waals surface area contributed by atoms with Crippen molar-refractivity contribution in [2.24, 2.45) is 22.9 Å². The second kappa shape index (κ2) is 4.68. The average molecular weight is 298 g/mol. The lowest BCUT2D eigenvalue weighted by Gasteiger charge is -2.15. The van der Waals surface area contributed by atoms with Crippen molar-refractivity contribution in [1.29, 1.82) is 0 Å². The summed E-state index contributed by atoms with van der Waals surface area (Å²) in [6.07, 6.45) is 6.69. The lowest BCUT2D eigenvalue weighted by atomic mass is 10.00. The van der Waals surface area contributed by atoms with Crippen molar-refractivity contribution >= 4 is 11.7 Å². The monoisotopic (exact) mass is 298 g/mol. The Morgan fingerprint density at radius 3 is 2.77 bits per heavy atom. The minimum atomic E-state index is -0.563. The summed E-state index contributed by atoms with van der Waals surface area (Å²) in [6, 6.07) is 0. The summed E-state index contributed by atoms with van der Waals surface area (Å²) in [4.78, 5) is 38.7. The number of nitrogens with zero attached hydrogens (tertiary/aromatic N) is 1. The molecule has 0 amide bonds. The third kappa shape index (κ3) is 2.16. The van der Waals surface area contributed by atoms with Crippen LogP contribution in [0.5, 0.6) is 0 Å². The summed E-state index contributed by atoms with van der Waals surface area (Å²) in [5.74, 6) is 3.63. The maximum absolute atomic E-state index is 11.9. The van der Waals surface area contributed by atoms with E-state index >= 15 is 0 Å². The van der Waals surface area contributed by atoms with Gasteiger partial charge in [0.2, 0.25) is 0 Å². The second-order valence-electron chi connectivity index (χ2n) is 6.01. The van der Waals surface area contributed by atoms with Gasteiger partial charge in [-0.15, -0.1) is 0 Å². The summed E-state index contributed by atoms with van der Waals surface area (Å²) in [6.45, 7) is 0. The van der Waals surface area contributed by atoms with Crippen LogP contribution in [-0.2, 0) is 4.79 Å². The first-order valence-electron chi connectivity index (χ1n) is 7.30. The van der Waals surface area contributed by atoms with Crippen LogP contribution in [0.25, 0.3) is 0 Å². The van der Waals surface area contributed by atoms with Crippen molar-refractivity contribution in [3.8, 4) is 0 Å². The van der Waals surface area contributed by atoms with Gasteiger partial charge in [0.15, 0.2) is 5.94 Å². The lowest BCUT2D eigenvalue weighted by molar-refractivity contribution is 0.564. The Labute approximate surface area is 124 Å². The summed E-state index contributed by atoms with van der Waals surface area (Å²) >= 11 is 0. The van der Waals surface area contributed by atoms with E-state index in [9.17, 15) is 14.4 Å². The van der Waals surface area contributed by atoms with Crippen LogP contribution in [0.15, 0.2) is 38.2 Å². The van der Waals surface area contributed by atoms with Crippen LogP contribution in [0.2, 0.25) is 0 Å². The molecule has 0 radical (unpaired) electrons. The molecule has 0 saturated heterocycles. The predicted octanol–water partition coefficient (Wildman–Crippen LogP) is 0.0585. The van der Waals surface area contributed by atoms with Gasteiger partial charge in [0.05, 0.1) is 11.3 Å². The average Bonchev–Trinajstić information content (AvgIpc) is 3.38. The molecule has 2 atom stereocenters. The van der Waals surface area contributed by atoms with Gasteiger partial charge in [-0.1, -0.05) is 0 Å². The normalized spacial score (nSPS) is 26.6. The van der Waals surface area contributed by atoms with Gasteiger partial charge >= 0.3 is 5.69 Å². The zero-order chi connectivity index (χ0) is 15.3. The molecule has 1 aromatic rings. The van der Waals surface area contributed by atoms with E-state index in [1.807, 2.05) is 5.94 Å². The minimum absolute atomic E-state index is 0.262. The molecule has 7 heteroatoms. The Morgan fingerprint density at radius 1 is 1.27 bits per heavy atom. The van der Waals surface area contributed by atoms with Crippen molar-refractivity contribution in [2.75, 3.05) is 0 Å². The maximum atomic E-state index is 11.9. The van der Waals surface area contributed by atoms with Crippen molar-refractivity contribution < 1.29 is 4.79 Å². The molecule has 22 heavy (non-hydrogen) atoms. The van der Waals surface area contributed by atoms with Crippen molar-refractivity contribution in [2.45, 2.75) is 19.3 Å². The van der Waals surface area contributed by atoms with Gasteiger partial charge in [-0.05, 0) is 48.7 Å². The fraction of sp³-hybridized carbons (Fsp3) is 0.400. The Kier molecular flexibility index (Phi) is 2.77.